The van der Waals surface area contributed by atoms with E-state index in [9.17, 15) is 4.79 Å². The SMILES string of the molecule is COc1cccc(-c2nc(C(=O)N3CCNCC3c3ccccc3OC)no2)c1. The Hall–Kier alpha value is -3.39. The van der Waals surface area contributed by atoms with Gasteiger partial charge >= 0.3 is 0 Å². The van der Waals surface area contributed by atoms with E-state index in [1.807, 2.05) is 42.5 Å². The molecule has 8 nitrogen and oxygen atoms in total. The highest BCUT2D eigenvalue weighted by Crippen LogP contribution is 2.31. The zero-order valence-electron chi connectivity index (χ0n) is 16.3. The van der Waals surface area contributed by atoms with Gasteiger partial charge in [-0.1, -0.05) is 29.4 Å². The summed E-state index contributed by atoms with van der Waals surface area (Å²) in [6, 6.07) is 14.8. The zero-order chi connectivity index (χ0) is 20.2. The molecule has 1 N–H and O–H groups in total. The van der Waals surface area contributed by atoms with Gasteiger partial charge in [-0.05, 0) is 24.3 Å². The molecular weight excluding hydrogens is 372 g/mol. The minimum Gasteiger partial charge on any atom is -0.497 e. The van der Waals surface area contributed by atoms with Crippen LogP contribution >= 0.6 is 0 Å². The van der Waals surface area contributed by atoms with E-state index in [-0.39, 0.29) is 23.7 Å². The molecule has 8 heteroatoms. The molecule has 3 aromatic rings. The van der Waals surface area contributed by atoms with E-state index in [1.165, 1.54) is 0 Å². The first-order valence-electron chi connectivity index (χ1n) is 9.34. The van der Waals surface area contributed by atoms with Crippen LogP contribution in [0.5, 0.6) is 11.5 Å². The molecule has 2 heterocycles. The molecule has 0 bridgehead atoms. The van der Waals surface area contributed by atoms with Gasteiger partial charge in [0.25, 0.3) is 17.6 Å². The zero-order valence-corrected chi connectivity index (χ0v) is 16.3. The quantitative estimate of drug-likeness (QED) is 0.711. The number of methoxy groups -OCH3 is 2. The predicted octanol–water partition coefficient (Wildman–Crippen LogP) is 2.54. The van der Waals surface area contributed by atoms with Gasteiger partial charge in [0.15, 0.2) is 0 Å². The molecule has 0 radical (unpaired) electrons. The summed E-state index contributed by atoms with van der Waals surface area (Å²) < 4.78 is 16.1. The lowest BCUT2D eigenvalue weighted by Crippen LogP contribution is -2.49. The highest BCUT2D eigenvalue weighted by Gasteiger charge is 2.32. The van der Waals surface area contributed by atoms with Crippen molar-refractivity contribution in [3.05, 3.63) is 59.9 Å². The minimum atomic E-state index is -0.277. The molecule has 1 aliphatic rings. The van der Waals surface area contributed by atoms with Gasteiger partial charge in [-0.25, -0.2) is 0 Å². The van der Waals surface area contributed by atoms with Crippen LogP contribution in [0.15, 0.2) is 53.1 Å². The topological polar surface area (TPSA) is 89.7 Å². The molecular formula is C21H22N4O4. The number of para-hydroxylation sites is 1. The van der Waals surface area contributed by atoms with Crippen molar-refractivity contribution >= 4 is 5.91 Å². The molecule has 1 atom stereocenters. The Balaban J connectivity index is 1.62. The average molecular weight is 394 g/mol. The van der Waals surface area contributed by atoms with Gasteiger partial charge in [-0.3, -0.25) is 4.79 Å². The third-order valence-corrected chi connectivity index (χ3v) is 4.94. The van der Waals surface area contributed by atoms with Crippen LogP contribution in [0.25, 0.3) is 11.5 Å². The molecule has 1 saturated heterocycles. The largest absolute Gasteiger partial charge is 0.497 e. The van der Waals surface area contributed by atoms with Crippen molar-refractivity contribution in [1.82, 2.24) is 20.4 Å². The second kappa shape index (κ2) is 8.32. The first kappa shape index (κ1) is 18.9. The monoisotopic (exact) mass is 394 g/mol. The Morgan fingerprint density at radius 3 is 2.86 bits per heavy atom. The normalized spacial score (nSPS) is 16.5. The lowest BCUT2D eigenvalue weighted by atomic mass is 10.0. The Morgan fingerprint density at radius 2 is 2.03 bits per heavy atom. The summed E-state index contributed by atoms with van der Waals surface area (Å²) in [5, 5.41) is 7.26. The van der Waals surface area contributed by atoms with Crippen LogP contribution in [0.2, 0.25) is 0 Å². The van der Waals surface area contributed by atoms with E-state index in [4.69, 9.17) is 14.0 Å². The number of hydrogen-bond acceptors (Lipinski definition) is 7. The van der Waals surface area contributed by atoms with E-state index in [2.05, 4.69) is 15.5 Å². The molecule has 29 heavy (non-hydrogen) atoms. The van der Waals surface area contributed by atoms with Crippen LogP contribution in [-0.2, 0) is 0 Å². The number of rotatable bonds is 5. The predicted molar refractivity (Wildman–Crippen MR) is 106 cm³/mol. The molecule has 1 aliphatic heterocycles. The molecule has 1 unspecified atom stereocenters. The molecule has 0 saturated carbocycles. The molecule has 0 aliphatic carbocycles. The van der Waals surface area contributed by atoms with Crippen molar-refractivity contribution in [2.24, 2.45) is 0 Å². The molecule has 4 rings (SSSR count). The highest BCUT2D eigenvalue weighted by atomic mass is 16.5. The Morgan fingerprint density at radius 1 is 1.17 bits per heavy atom. The van der Waals surface area contributed by atoms with Crippen LogP contribution in [0.3, 0.4) is 0 Å². The summed E-state index contributed by atoms with van der Waals surface area (Å²) in [6.45, 7) is 1.84. The fourth-order valence-electron chi connectivity index (χ4n) is 3.48. The van der Waals surface area contributed by atoms with Crippen LogP contribution in [0.4, 0.5) is 0 Å². The van der Waals surface area contributed by atoms with Gasteiger partial charge in [0.05, 0.1) is 20.3 Å². The smallest absolute Gasteiger partial charge is 0.295 e. The number of carbonyl (C=O) groups excluding carboxylic acids is 1. The Kier molecular flexibility index (Phi) is 5.44. The van der Waals surface area contributed by atoms with Crippen molar-refractivity contribution in [3.8, 4) is 23.0 Å². The first-order valence-corrected chi connectivity index (χ1v) is 9.34. The maximum atomic E-state index is 13.2. The van der Waals surface area contributed by atoms with Crippen LogP contribution in [0.1, 0.15) is 22.2 Å². The third kappa shape index (κ3) is 3.79. The van der Waals surface area contributed by atoms with Crippen LogP contribution in [-0.4, -0.2) is 54.8 Å². The number of carbonyl (C=O) groups is 1. The maximum Gasteiger partial charge on any atom is 0.295 e. The van der Waals surface area contributed by atoms with Crippen LogP contribution in [0, 0.1) is 0 Å². The van der Waals surface area contributed by atoms with Crippen molar-refractivity contribution in [1.29, 1.82) is 0 Å². The Bertz CT molecular complexity index is 1000. The van der Waals surface area contributed by atoms with E-state index in [0.717, 1.165) is 11.3 Å². The number of benzene rings is 2. The van der Waals surface area contributed by atoms with Crippen molar-refractivity contribution in [2.75, 3.05) is 33.9 Å². The van der Waals surface area contributed by atoms with E-state index >= 15 is 0 Å². The maximum absolute atomic E-state index is 13.2. The summed E-state index contributed by atoms with van der Waals surface area (Å²) in [5.41, 5.74) is 1.63. The van der Waals surface area contributed by atoms with Gasteiger partial charge in [0.2, 0.25) is 0 Å². The van der Waals surface area contributed by atoms with Gasteiger partial charge in [0.1, 0.15) is 11.5 Å². The summed E-state index contributed by atoms with van der Waals surface area (Å²) >= 11 is 0. The number of piperazine rings is 1. The second-order valence-corrected chi connectivity index (χ2v) is 6.62. The van der Waals surface area contributed by atoms with Crippen molar-refractivity contribution in [2.45, 2.75) is 6.04 Å². The number of ether oxygens (including phenoxy) is 2. The molecule has 150 valence electrons. The number of amides is 1. The van der Waals surface area contributed by atoms with Gasteiger partial charge in [0, 0.05) is 30.8 Å². The highest BCUT2D eigenvalue weighted by molar-refractivity contribution is 5.91. The third-order valence-electron chi connectivity index (χ3n) is 4.94. The fraction of sp³-hybridized carbons (Fsp3) is 0.286. The average Bonchev–Trinajstić information content (AvgIpc) is 3.29. The van der Waals surface area contributed by atoms with E-state index in [0.29, 0.717) is 30.9 Å². The lowest BCUT2D eigenvalue weighted by molar-refractivity contribution is 0.0615. The number of aromatic nitrogens is 2. The van der Waals surface area contributed by atoms with E-state index < -0.39 is 0 Å². The molecule has 1 aromatic heterocycles. The standard InChI is InChI=1S/C21H22N4O4/c1-27-15-7-5-6-14(12-15)20-23-19(24-29-20)21(26)25-11-10-22-13-17(25)16-8-3-4-9-18(16)28-2/h3-9,12,17,22H,10-11,13H2,1-2H3. The van der Waals surface area contributed by atoms with Crippen LogP contribution < -0.4 is 14.8 Å². The summed E-state index contributed by atoms with van der Waals surface area (Å²) in [6.07, 6.45) is 0. The fourth-order valence-corrected chi connectivity index (χ4v) is 3.48. The van der Waals surface area contributed by atoms with Gasteiger partial charge in [-0.2, -0.15) is 4.98 Å². The molecule has 1 amide bonds. The molecule has 2 aromatic carbocycles. The van der Waals surface area contributed by atoms with Gasteiger partial charge < -0.3 is 24.2 Å². The van der Waals surface area contributed by atoms with Crippen molar-refractivity contribution < 1.29 is 18.8 Å². The molecule has 1 fully saturated rings. The summed E-state index contributed by atoms with van der Waals surface area (Å²) in [4.78, 5) is 19.3. The van der Waals surface area contributed by atoms with E-state index in [1.54, 1.807) is 25.2 Å². The Labute approximate surface area is 168 Å². The number of nitrogens with zero attached hydrogens (tertiary/aromatic N) is 3. The van der Waals surface area contributed by atoms with Crippen molar-refractivity contribution in [3.63, 3.8) is 0 Å². The van der Waals surface area contributed by atoms with Gasteiger partial charge in [-0.15, -0.1) is 0 Å². The number of hydrogen-bond donors (Lipinski definition) is 1. The first-order chi connectivity index (χ1) is 14.2. The second-order valence-electron chi connectivity index (χ2n) is 6.62. The minimum absolute atomic E-state index is 0.0321. The number of nitrogens with one attached hydrogen (secondary N) is 1. The lowest BCUT2D eigenvalue weighted by Gasteiger charge is -2.36. The summed E-state index contributed by atoms with van der Waals surface area (Å²) in [5.74, 6) is 1.44. The molecule has 0 spiro atoms. The summed E-state index contributed by atoms with van der Waals surface area (Å²) in [7, 11) is 3.21.